The first kappa shape index (κ1) is 15.7. The average Bonchev–Trinajstić information content (AvgIpc) is 0.592. The minimum atomic E-state index is -3.25. The molecule has 0 atom stereocenters. The molecule has 0 radical (unpaired) electrons. The summed E-state index contributed by atoms with van der Waals surface area (Å²) in [5, 5.41) is 0. The third-order valence-electron chi connectivity index (χ3n) is 0. The molecule has 0 saturated carbocycles. The molecule has 0 aromatic carbocycles. The van der Waals surface area contributed by atoms with Gasteiger partial charge in [-0.2, -0.15) is 0 Å². The maximum absolute atomic E-state index is 3.35. The van der Waals surface area contributed by atoms with E-state index in [1.54, 1.807) is 0 Å². The molecule has 0 unspecified atom stereocenters. The number of halogens is 6. The van der Waals surface area contributed by atoms with Gasteiger partial charge in [-0.3, -0.25) is 0 Å². The standard InChI is InChI=1S/6BrH.K.Pt.H/h6*1H;;;/q;;;;;;;+6;/p-6. The van der Waals surface area contributed by atoms with Gasteiger partial charge in [-0.25, -0.2) is 0 Å². The van der Waals surface area contributed by atoms with Crippen LogP contribution in [0.4, 0.5) is 0 Å². The van der Waals surface area contributed by atoms with Gasteiger partial charge in [-0.15, -0.1) is 0 Å². The van der Waals surface area contributed by atoms with Gasteiger partial charge in [-0.05, 0) is 0 Å². The summed E-state index contributed by atoms with van der Waals surface area (Å²) in [7, 11) is 0. The van der Waals surface area contributed by atoms with Crippen molar-refractivity contribution in [1.82, 2.24) is 0 Å². The number of rotatable bonds is 0. The Bertz CT molecular complexity index is 67.1. The van der Waals surface area contributed by atoms with Crippen LogP contribution >= 0.6 is 79.8 Å². The monoisotopic (exact) mass is 708 g/mol. The van der Waals surface area contributed by atoms with Crippen molar-refractivity contribution in [2.24, 2.45) is 0 Å². The normalized spacial score (nSPS) is 20.2. The second-order valence-electron chi connectivity index (χ2n) is 0.678. The van der Waals surface area contributed by atoms with E-state index in [-0.39, 0.29) is 51.4 Å². The molecular weight excluding hydrogens is 714 g/mol. The van der Waals surface area contributed by atoms with E-state index in [0.717, 1.165) is 0 Å². The number of hydrogen-bond donors (Lipinski definition) is 0. The van der Waals surface area contributed by atoms with Crippen LogP contribution in [0.1, 0.15) is 0 Å². The van der Waals surface area contributed by atoms with E-state index >= 15 is 0 Å². The third-order valence-corrected chi connectivity index (χ3v) is 0. The Hall–Kier alpha value is 5.20. The van der Waals surface area contributed by atoms with Crippen LogP contribution in [-0.2, 0) is 1.22 Å². The Morgan fingerprint density at radius 1 is 0.625 bits per heavy atom. The van der Waals surface area contributed by atoms with Crippen molar-refractivity contribution in [3.63, 3.8) is 0 Å². The van der Waals surface area contributed by atoms with Crippen molar-refractivity contribution in [2.45, 2.75) is 0 Å². The molecule has 0 aliphatic rings. The molecule has 0 spiro atoms. The van der Waals surface area contributed by atoms with Crippen molar-refractivity contribution in [2.75, 3.05) is 0 Å². The predicted molar refractivity (Wildman–Crippen MR) is 60.7 cm³/mol. The second-order valence-corrected chi connectivity index (χ2v) is 150. The zero-order valence-electron chi connectivity index (χ0n) is 2.58. The van der Waals surface area contributed by atoms with E-state index in [2.05, 4.69) is 79.8 Å². The fourth-order valence-corrected chi connectivity index (χ4v) is 0. The van der Waals surface area contributed by atoms with Gasteiger partial charge >= 0.3 is 132 Å². The molecule has 0 fully saturated rings. The second kappa shape index (κ2) is 3.75. The Morgan fingerprint density at radius 2 is 0.625 bits per heavy atom. The topological polar surface area (TPSA) is 0 Å². The van der Waals surface area contributed by atoms with E-state index in [1.807, 2.05) is 0 Å². The Kier molecular flexibility index (Phi) is 7.35. The molecule has 0 bridgehead atoms. The SMILES string of the molecule is [Br][Pt]([Br])([Br])([Br])([Br])[Br].[KH]. The van der Waals surface area contributed by atoms with Crippen LogP contribution in [0.3, 0.4) is 0 Å². The molecule has 0 aromatic heterocycles. The molecule has 0 nitrogen and oxygen atoms in total. The summed E-state index contributed by atoms with van der Waals surface area (Å²) >= 11 is 20.1. The van der Waals surface area contributed by atoms with Crippen molar-refractivity contribution in [1.29, 1.82) is 0 Å². The molecule has 0 aliphatic carbocycles. The fraction of sp³-hybridized carbons (Fsp3) is 0. The Labute approximate surface area is 128 Å². The first-order valence-corrected chi connectivity index (χ1v) is 30.5. The molecule has 0 N–H and O–H groups in total. The van der Waals surface area contributed by atoms with Gasteiger partial charge in [0.05, 0.1) is 0 Å². The Balaban J connectivity index is 0. The summed E-state index contributed by atoms with van der Waals surface area (Å²) in [5.74, 6) is 0. The molecule has 0 rings (SSSR count). The van der Waals surface area contributed by atoms with Crippen LogP contribution in [-0.4, -0.2) is 51.4 Å². The quantitative estimate of drug-likeness (QED) is 0.327. The van der Waals surface area contributed by atoms with Crippen molar-refractivity contribution in [3.05, 3.63) is 0 Å². The van der Waals surface area contributed by atoms with E-state index in [1.165, 1.54) is 0 Å². The van der Waals surface area contributed by atoms with E-state index < -0.39 is 1.22 Å². The molecule has 0 aliphatic heterocycles. The van der Waals surface area contributed by atoms with Crippen LogP contribution in [0.2, 0.25) is 0 Å². The van der Waals surface area contributed by atoms with Crippen LogP contribution in [0, 0.1) is 0 Å². The van der Waals surface area contributed by atoms with Gasteiger partial charge < -0.3 is 0 Å². The Morgan fingerprint density at radius 3 is 0.625 bits per heavy atom. The first-order valence-electron chi connectivity index (χ1n) is 0.717. The van der Waals surface area contributed by atoms with Crippen LogP contribution < -0.4 is 0 Å². The maximum atomic E-state index is 3.35. The molecule has 0 amide bonds. The molecule has 54 valence electrons. The zero-order chi connectivity index (χ0) is 6.41. The van der Waals surface area contributed by atoms with Gasteiger partial charge in [0.2, 0.25) is 0 Å². The van der Waals surface area contributed by atoms with Gasteiger partial charge in [0.1, 0.15) is 0 Å². The van der Waals surface area contributed by atoms with Crippen LogP contribution in [0.5, 0.6) is 0 Å². The molecular formula is HBr6KPt. The van der Waals surface area contributed by atoms with Crippen molar-refractivity contribution >= 4 is 131 Å². The molecule has 0 aromatic rings. The van der Waals surface area contributed by atoms with E-state index in [0.29, 0.717) is 0 Å². The van der Waals surface area contributed by atoms with Gasteiger partial charge in [0.25, 0.3) is 0 Å². The molecule has 0 heterocycles. The summed E-state index contributed by atoms with van der Waals surface area (Å²) in [4.78, 5) is 0. The summed E-state index contributed by atoms with van der Waals surface area (Å²) in [5.41, 5.74) is 0. The summed E-state index contributed by atoms with van der Waals surface area (Å²) in [6.45, 7) is 0. The number of hydrogen-bond acceptors (Lipinski definition) is 0. The molecule has 8 heavy (non-hydrogen) atoms. The van der Waals surface area contributed by atoms with Crippen LogP contribution in [0.25, 0.3) is 0 Å². The van der Waals surface area contributed by atoms with Crippen molar-refractivity contribution < 1.29 is 1.22 Å². The first-order chi connectivity index (χ1) is 2.45. The van der Waals surface area contributed by atoms with Gasteiger partial charge in [0, 0.05) is 0 Å². The third kappa shape index (κ3) is 43.1. The predicted octanol–water partition coefficient (Wildman–Crippen LogP) is 4.42. The zero-order valence-corrected chi connectivity index (χ0v) is 14.4. The minimum absolute atomic E-state index is 0. The van der Waals surface area contributed by atoms with Crippen LogP contribution in [0.15, 0.2) is 0 Å². The summed E-state index contributed by atoms with van der Waals surface area (Å²) in [6.07, 6.45) is 0. The van der Waals surface area contributed by atoms with E-state index in [4.69, 9.17) is 0 Å². The summed E-state index contributed by atoms with van der Waals surface area (Å²) < 4.78 is -3.25. The summed E-state index contributed by atoms with van der Waals surface area (Å²) in [6, 6.07) is 0. The van der Waals surface area contributed by atoms with Gasteiger partial charge in [0.15, 0.2) is 0 Å². The van der Waals surface area contributed by atoms with Crippen molar-refractivity contribution in [3.8, 4) is 0 Å². The average molecular weight is 715 g/mol. The van der Waals surface area contributed by atoms with E-state index in [9.17, 15) is 0 Å². The van der Waals surface area contributed by atoms with Gasteiger partial charge in [-0.1, -0.05) is 0 Å². The molecule has 0 saturated heterocycles. The molecule has 8 heteroatoms. The fourth-order valence-electron chi connectivity index (χ4n) is 0.